The normalized spacial score (nSPS) is 16.2. The first-order valence-electron chi connectivity index (χ1n) is 7.89. The van der Waals surface area contributed by atoms with E-state index in [1.807, 2.05) is 18.2 Å². The first-order chi connectivity index (χ1) is 11.7. The first kappa shape index (κ1) is 16.5. The SMILES string of the molecule is COc1ccc([C@H]2CNCc3c2ccc(OC)c3OC)cc1OC. The Morgan fingerprint density at radius 2 is 1.54 bits per heavy atom. The second-order valence-corrected chi connectivity index (χ2v) is 5.67. The van der Waals surface area contributed by atoms with Gasteiger partial charge in [0, 0.05) is 24.6 Å². The molecule has 3 rings (SSSR count). The predicted octanol–water partition coefficient (Wildman–Crippen LogP) is 2.96. The molecule has 0 amide bonds. The lowest BCUT2D eigenvalue weighted by Crippen LogP contribution is -2.29. The number of benzene rings is 2. The standard InChI is InChI=1S/C19H23NO4/c1-21-16-7-5-12(9-18(16)23-3)14-10-20-11-15-13(14)6-8-17(22-2)19(15)24-4/h5-9,14,20H,10-11H2,1-4H3/t14-/m1/s1. The monoisotopic (exact) mass is 329 g/mol. The summed E-state index contributed by atoms with van der Waals surface area (Å²) >= 11 is 0. The van der Waals surface area contributed by atoms with Gasteiger partial charge in [0.15, 0.2) is 23.0 Å². The highest BCUT2D eigenvalue weighted by Crippen LogP contribution is 2.41. The van der Waals surface area contributed by atoms with Crippen LogP contribution in [-0.4, -0.2) is 35.0 Å². The molecule has 5 heteroatoms. The van der Waals surface area contributed by atoms with Crippen LogP contribution in [-0.2, 0) is 6.54 Å². The van der Waals surface area contributed by atoms with Crippen LogP contribution in [0.5, 0.6) is 23.0 Å². The van der Waals surface area contributed by atoms with Crippen molar-refractivity contribution in [1.82, 2.24) is 5.32 Å². The molecule has 0 fully saturated rings. The molecule has 24 heavy (non-hydrogen) atoms. The molecule has 0 saturated carbocycles. The lowest BCUT2D eigenvalue weighted by Gasteiger charge is -2.29. The summed E-state index contributed by atoms with van der Waals surface area (Å²) in [5.74, 6) is 3.24. The lowest BCUT2D eigenvalue weighted by molar-refractivity contribution is 0.347. The topological polar surface area (TPSA) is 49.0 Å². The summed E-state index contributed by atoms with van der Waals surface area (Å²) in [7, 11) is 6.64. The number of rotatable bonds is 5. The smallest absolute Gasteiger partial charge is 0.165 e. The Kier molecular flexibility index (Phi) is 4.81. The molecule has 128 valence electrons. The van der Waals surface area contributed by atoms with Gasteiger partial charge >= 0.3 is 0 Å². The van der Waals surface area contributed by atoms with Crippen LogP contribution in [0.2, 0.25) is 0 Å². The van der Waals surface area contributed by atoms with E-state index < -0.39 is 0 Å². The summed E-state index contributed by atoms with van der Waals surface area (Å²) in [6.07, 6.45) is 0. The Bertz CT molecular complexity index is 730. The number of methoxy groups -OCH3 is 4. The van der Waals surface area contributed by atoms with E-state index in [2.05, 4.69) is 17.4 Å². The fourth-order valence-corrected chi connectivity index (χ4v) is 3.33. The minimum atomic E-state index is 0.216. The van der Waals surface area contributed by atoms with Crippen molar-refractivity contribution in [2.45, 2.75) is 12.5 Å². The molecule has 0 spiro atoms. The highest BCUT2D eigenvalue weighted by Gasteiger charge is 2.26. The Balaban J connectivity index is 2.07. The Hall–Kier alpha value is -2.40. The molecule has 2 aromatic rings. The minimum absolute atomic E-state index is 0.216. The van der Waals surface area contributed by atoms with Gasteiger partial charge in [-0.15, -0.1) is 0 Å². The van der Waals surface area contributed by atoms with Gasteiger partial charge in [-0.3, -0.25) is 0 Å². The van der Waals surface area contributed by atoms with E-state index in [-0.39, 0.29) is 5.92 Å². The highest BCUT2D eigenvalue weighted by molar-refractivity contribution is 5.56. The molecule has 1 atom stereocenters. The van der Waals surface area contributed by atoms with Gasteiger partial charge in [-0.25, -0.2) is 0 Å². The quantitative estimate of drug-likeness (QED) is 0.914. The molecule has 0 aromatic heterocycles. The van der Waals surface area contributed by atoms with E-state index in [9.17, 15) is 0 Å². The molecule has 5 nitrogen and oxygen atoms in total. The van der Waals surface area contributed by atoms with Crippen molar-refractivity contribution >= 4 is 0 Å². The van der Waals surface area contributed by atoms with Crippen LogP contribution >= 0.6 is 0 Å². The molecule has 1 aliphatic rings. The molecule has 0 bridgehead atoms. The second kappa shape index (κ2) is 7.01. The maximum absolute atomic E-state index is 5.59. The fourth-order valence-electron chi connectivity index (χ4n) is 3.33. The highest BCUT2D eigenvalue weighted by atomic mass is 16.5. The summed E-state index contributed by atoms with van der Waals surface area (Å²) in [5.41, 5.74) is 3.56. The minimum Gasteiger partial charge on any atom is -0.493 e. The number of nitrogens with one attached hydrogen (secondary N) is 1. The first-order valence-corrected chi connectivity index (χ1v) is 7.89. The second-order valence-electron chi connectivity index (χ2n) is 5.67. The molecule has 1 heterocycles. The van der Waals surface area contributed by atoms with E-state index >= 15 is 0 Å². The summed E-state index contributed by atoms with van der Waals surface area (Å²) in [5, 5.41) is 3.47. The van der Waals surface area contributed by atoms with Crippen molar-refractivity contribution in [2.75, 3.05) is 35.0 Å². The van der Waals surface area contributed by atoms with E-state index in [0.29, 0.717) is 0 Å². The Morgan fingerprint density at radius 3 is 2.21 bits per heavy atom. The number of hydrogen-bond acceptors (Lipinski definition) is 5. The maximum Gasteiger partial charge on any atom is 0.165 e. The number of fused-ring (bicyclic) bond motifs is 1. The molecule has 1 aliphatic heterocycles. The summed E-state index contributed by atoms with van der Waals surface area (Å²) in [6.45, 7) is 1.62. The van der Waals surface area contributed by atoms with E-state index in [4.69, 9.17) is 18.9 Å². The van der Waals surface area contributed by atoms with Crippen LogP contribution in [0, 0.1) is 0 Å². The zero-order chi connectivity index (χ0) is 17.1. The van der Waals surface area contributed by atoms with Crippen LogP contribution < -0.4 is 24.3 Å². The molecule has 2 aromatic carbocycles. The van der Waals surface area contributed by atoms with E-state index in [1.165, 1.54) is 11.1 Å². The van der Waals surface area contributed by atoms with E-state index in [1.54, 1.807) is 28.4 Å². The Labute approximate surface area is 142 Å². The third kappa shape index (κ3) is 2.76. The van der Waals surface area contributed by atoms with Crippen LogP contribution in [0.1, 0.15) is 22.6 Å². The van der Waals surface area contributed by atoms with Crippen LogP contribution in [0.4, 0.5) is 0 Å². The third-order valence-corrected chi connectivity index (χ3v) is 4.52. The van der Waals surface area contributed by atoms with Gasteiger partial charge in [-0.05, 0) is 29.3 Å². The van der Waals surface area contributed by atoms with Gasteiger partial charge in [0.1, 0.15) is 0 Å². The summed E-state index contributed by atoms with van der Waals surface area (Å²) in [6, 6.07) is 10.2. The van der Waals surface area contributed by atoms with Crippen LogP contribution in [0.25, 0.3) is 0 Å². The largest absolute Gasteiger partial charge is 0.493 e. The fraction of sp³-hybridized carbons (Fsp3) is 0.368. The zero-order valence-electron chi connectivity index (χ0n) is 14.5. The molecule has 0 aliphatic carbocycles. The van der Waals surface area contributed by atoms with Crippen molar-refractivity contribution in [3.63, 3.8) is 0 Å². The van der Waals surface area contributed by atoms with Crippen LogP contribution in [0.3, 0.4) is 0 Å². The number of hydrogen-bond donors (Lipinski definition) is 1. The Morgan fingerprint density at radius 1 is 0.833 bits per heavy atom. The van der Waals surface area contributed by atoms with Crippen molar-refractivity contribution in [3.05, 3.63) is 47.0 Å². The number of ether oxygens (including phenoxy) is 4. The lowest BCUT2D eigenvalue weighted by atomic mass is 9.85. The van der Waals surface area contributed by atoms with Gasteiger partial charge in [0.25, 0.3) is 0 Å². The average molecular weight is 329 g/mol. The van der Waals surface area contributed by atoms with Crippen LogP contribution in [0.15, 0.2) is 30.3 Å². The molecule has 0 radical (unpaired) electrons. The van der Waals surface area contributed by atoms with Crippen molar-refractivity contribution in [3.8, 4) is 23.0 Å². The average Bonchev–Trinajstić information content (AvgIpc) is 2.65. The van der Waals surface area contributed by atoms with Gasteiger partial charge in [-0.2, -0.15) is 0 Å². The molecule has 1 N–H and O–H groups in total. The molecule has 0 unspecified atom stereocenters. The van der Waals surface area contributed by atoms with Gasteiger partial charge in [0.05, 0.1) is 28.4 Å². The van der Waals surface area contributed by atoms with Gasteiger partial charge < -0.3 is 24.3 Å². The summed E-state index contributed by atoms with van der Waals surface area (Å²) in [4.78, 5) is 0. The van der Waals surface area contributed by atoms with Gasteiger partial charge in [0.2, 0.25) is 0 Å². The molecular formula is C19H23NO4. The van der Waals surface area contributed by atoms with Crippen molar-refractivity contribution in [2.24, 2.45) is 0 Å². The molecule has 0 saturated heterocycles. The van der Waals surface area contributed by atoms with E-state index in [0.717, 1.165) is 41.7 Å². The summed E-state index contributed by atoms with van der Waals surface area (Å²) < 4.78 is 21.8. The molecular weight excluding hydrogens is 306 g/mol. The zero-order valence-corrected chi connectivity index (χ0v) is 14.5. The van der Waals surface area contributed by atoms with Crippen molar-refractivity contribution < 1.29 is 18.9 Å². The third-order valence-electron chi connectivity index (χ3n) is 4.52. The maximum atomic E-state index is 5.59. The van der Waals surface area contributed by atoms with Gasteiger partial charge in [-0.1, -0.05) is 12.1 Å². The predicted molar refractivity (Wildman–Crippen MR) is 92.6 cm³/mol. The van der Waals surface area contributed by atoms with Crippen molar-refractivity contribution in [1.29, 1.82) is 0 Å².